The molecule has 3 unspecified atom stereocenters. The molecule has 0 rings (SSSR count). The lowest BCUT2D eigenvalue weighted by molar-refractivity contribution is -0.188. The molecule has 0 N–H and O–H groups in total. The highest BCUT2D eigenvalue weighted by Crippen LogP contribution is 2.16. The highest BCUT2D eigenvalue weighted by atomic mass is 16.7. The summed E-state index contributed by atoms with van der Waals surface area (Å²) >= 11 is 0. The summed E-state index contributed by atoms with van der Waals surface area (Å²) in [5.41, 5.74) is 0. The van der Waals surface area contributed by atoms with Gasteiger partial charge in [-0.05, 0) is 27.2 Å². The van der Waals surface area contributed by atoms with Gasteiger partial charge in [0, 0.05) is 12.8 Å². The Morgan fingerprint density at radius 3 is 2.32 bits per heavy atom. The summed E-state index contributed by atoms with van der Waals surface area (Å²) in [6.45, 7) is 10.4. The fourth-order valence-electron chi connectivity index (χ4n) is 2.01. The van der Waals surface area contributed by atoms with Crippen molar-refractivity contribution >= 4 is 17.9 Å². The Bertz CT molecular complexity index is 434. The lowest BCUT2D eigenvalue weighted by Gasteiger charge is -2.26. The Hall–Kier alpha value is -2.09. The fraction of sp³-hybridized carbons (Fsp3) is 0.706. The van der Waals surface area contributed by atoms with Crippen LogP contribution < -0.4 is 0 Å². The van der Waals surface area contributed by atoms with Gasteiger partial charge < -0.3 is 23.7 Å². The van der Waals surface area contributed by atoms with Gasteiger partial charge in [0.15, 0.2) is 6.29 Å². The number of ether oxygens (including phenoxy) is 5. The van der Waals surface area contributed by atoms with E-state index >= 15 is 0 Å². The van der Waals surface area contributed by atoms with E-state index in [1.54, 1.807) is 20.8 Å². The number of rotatable bonds is 13. The molecule has 0 saturated carbocycles. The van der Waals surface area contributed by atoms with Gasteiger partial charge in [-0.1, -0.05) is 6.58 Å². The van der Waals surface area contributed by atoms with Gasteiger partial charge >= 0.3 is 17.9 Å². The number of hydrogen-bond donors (Lipinski definition) is 0. The molecule has 0 radical (unpaired) electrons. The van der Waals surface area contributed by atoms with Crippen molar-refractivity contribution in [2.75, 3.05) is 19.8 Å². The molecule has 8 nitrogen and oxygen atoms in total. The maximum atomic E-state index is 11.7. The predicted molar refractivity (Wildman–Crippen MR) is 88.2 cm³/mol. The van der Waals surface area contributed by atoms with Crippen molar-refractivity contribution in [1.82, 2.24) is 0 Å². The smallest absolute Gasteiger partial charge is 0.317 e. The zero-order chi connectivity index (χ0) is 19.2. The molecule has 0 spiro atoms. The molecular formula is C17H28O8. The van der Waals surface area contributed by atoms with Gasteiger partial charge in [0.25, 0.3) is 0 Å². The van der Waals surface area contributed by atoms with Gasteiger partial charge in [0.05, 0.1) is 32.2 Å². The molecule has 0 heterocycles. The van der Waals surface area contributed by atoms with Gasteiger partial charge in [-0.25, -0.2) is 0 Å². The molecule has 144 valence electrons. The van der Waals surface area contributed by atoms with Crippen LogP contribution in [0.1, 0.15) is 40.5 Å². The number of carbonyl (C=O) groups is 3. The number of esters is 3. The molecular weight excluding hydrogens is 332 g/mol. The Balaban J connectivity index is 4.53. The monoisotopic (exact) mass is 360 g/mol. The molecule has 0 aliphatic heterocycles. The first-order chi connectivity index (χ1) is 11.8. The van der Waals surface area contributed by atoms with Crippen LogP contribution in [0.5, 0.6) is 0 Å². The topological polar surface area (TPSA) is 97.4 Å². The lowest BCUT2D eigenvalue weighted by Crippen LogP contribution is -2.32. The maximum absolute atomic E-state index is 11.7. The first-order valence-corrected chi connectivity index (χ1v) is 8.16. The Labute approximate surface area is 148 Å². The first kappa shape index (κ1) is 22.9. The van der Waals surface area contributed by atoms with Crippen molar-refractivity contribution in [2.45, 2.75) is 52.9 Å². The van der Waals surface area contributed by atoms with Crippen molar-refractivity contribution in [2.24, 2.45) is 5.92 Å². The minimum absolute atomic E-state index is 0.0344. The van der Waals surface area contributed by atoms with Gasteiger partial charge in [0.2, 0.25) is 0 Å². The first-order valence-electron chi connectivity index (χ1n) is 8.16. The summed E-state index contributed by atoms with van der Waals surface area (Å²) in [5.74, 6) is -1.98. The third-order valence-electron chi connectivity index (χ3n) is 3.18. The second-order valence-electron chi connectivity index (χ2n) is 5.27. The second-order valence-corrected chi connectivity index (χ2v) is 5.27. The normalized spacial score (nSPS) is 13.9. The Kier molecular flexibility index (Phi) is 12.1. The summed E-state index contributed by atoms with van der Waals surface area (Å²) in [5, 5.41) is 0. The van der Waals surface area contributed by atoms with Gasteiger partial charge in [-0.3, -0.25) is 14.4 Å². The molecule has 0 aromatic rings. The zero-order valence-corrected chi connectivity index (χ0v) is 15.3. The van der Waals surface area contributed by atoms with Gasteiger partial charge in [-0.2, -0.15) is 0 Å². The Morgan fingerprint density at radius 1 is 1.12 bits per heavy atom. The van der Waals surface area contributed by atoms with Crippen LogP contribution in [-0.2, 0) is 38.1 Å². The van der Waals surface area contributed by atoms with Gasteiger partial charge in [-0.15, -0.1) is 0 Å². The van der Waals surface area contributed by atoms with E-state index in [9.17, 15) is 14.4 Å². The summed E-state index contributed by atoms with van der Waals surface area (Å²) < 4.78 is 25.4. The minimum Gasteiger partial charge on any atom is -0.502 e. The quantitative estimate of drug-likeness (QED) is 0.123. The summed E-state index contributed by atoms with van der Waals surface area (Å²) in [6, 6.07) is 0. The van der Waals surface area contributed by atoms with Crippen LogP contribution in [0.3, 0.4) is 0 Å². The minimum atomic E-state index is -0.731. The summed E-state index contributed by atoms with van der Waals surface area (Å²) in [4.78, 5) is 33.9. The van der Waals surface area contributed by atoms with Crippen molar-refractivity contribution in [1.29, 1.82) is 0 Å². The molecule has 0 saturated heterocycles. The van der Waals surface area contributed by atoms with E-state index in [2.05, 4.69) is 6.58 Å². The van der Waals surface area contributed by atoms with Crippen LogP contribution >= 0.6 is 0 Å². The molecule has 0 aliphatic carbocycles. The third kappa shape index (κ3) is 12.0. The van der Waals surface area contributed by atoms with E-state index < -0.39 is 30.6 Å². The summed E-state index contributed by atoms with van der Waals surface area (Å²) in [7, 11) is 0. The van der Waals surface area contributed by atoms with Crippen LogP contribution in [0.25, 0.3) is 0 Å². The average Bonchev–Trinajstić information content (AvgIpc) is 2.49. The van der Waals surface area contributed by atoms with Crippen molar-refractivity contribution in [3.05, 3.63) is 12.8 Å². The van der Waals surface area contributed by atoms with Crippen LogP contribution in [0.15, 0.2) is 12.8 Å². The van der Waals surface area contributed by atoms with Crippen LogP contribution in [-0.4, -0.2) is 50.1 Å². The number of hydrogen-bond acceptors (Lipinski definition) is 8. The molecule has 3 atom stereocenters. The molecule has 0 amide bonds. The molecule has 0 aliphatic rings. The van der Waals surface area contributed by atoms with Gasteiger partial charge in [0.1, 0.15) is 6.42 Å². The van der Waals surface area contributed by atoms with Crippen LogP contribution in [0.2, 0.25) is 0 Å². The highest BCUT2D eigenvalue weighted by molar-refractivity contribution is 5.91. The predicted octanol–water partition coefficient (Wildman–Crippen LogP) is 1.96. The van der Waals surface area contributed by atoms with E-state index in [4.69, 9.17) is 23.7 Å². The lowest BCUT2D eigenvalue weighted by atomic mass is 10.0. The summed E-state index contributed by atoms with van der Waals surface area (Å²) in [6.07, 6.45) is 0.287. The number of carbonyl (C=O) groups excluding carboxylic acids is 3. The SMILES string of the molecule is C=COCCC(COC(=O)CC(=O)OCC)C(C)OC(C)OC(C)=O. The highest BCUT2D eigenvalue weighted by Gasteiger charge is 2.23. The Morgan fingerprint density at radius 2 is 1.76 bits per heavy atom. The van der Waals surface area contributed by atoms with Crippen molar-refractivity contribution in [3.63, 3.8) is 0 Å². The molecule has 25 heavy (non-hydrogen) atoms. The maximum Gasteiger partial charge on any atom is 0.317 e. The average molecular weight is 360 g/mol. The van der Waals surface area contributed by atoms with Crippen molar-refractivity contribution < 1.29 is 38.1 Å². The molecule has 0 fully saturated rings. The van der Waals surface area contributed by atoms with E-state index in [0.29, 0.717) is 13.0 Å². The molecule has 0 aromatic heterocycles. The molecule has 0 aromatic carbocycles. The van der Waals surface area contributed by atoms with E-state index in [0.717, 1.165) is 0 Å². The van der Waals surface area contributed by atoms with E-state index in [-0.39, 0.29) is 25.2 Å². The standard InChI is InChI=1S/C17H28O8/c1-6-21-9-8-15(12(3)24-14(5)25-13(4)18)11-23-17(20)10-16(19)22-7-2/h6,12,14-15H,1,7-11H2,2-5H3. The van der Waals surface area contributed by atoms with Crippen LogP contribution in [0, 0.1) is 5.92 Å². The zero-order valence-electron chi connectivity index (χ0n) is 15.3. The van der Waals surface area contributed by atoms with E-state index in [1.807, 2.05) is 0 Å². The second kappa shape index (κ2) is 13.2. The largest absolute Gasteiger partial charge is 0.502 e. The van der Waals surface area contributed by atoms with E-state index in [1.165, 1.54) is 13.2 Å². The molecule has 8 heteroatoms. The molecule has 0 bridgehead atoms. The third-order valence-corrected chi connectivity index (χ3v) is 3.18. The fourth-order valence-corrected chi connectivity index (χ4v) is 2.01. The van der Waals surface area contributed by atoms with Crippen molar-refractivity contribution in [3.8, 4) is 0 Å². The van der Waals surface area contributed by atoms with Crippen LogP contribution in [0.4, 0.5) is 0 Å².